The summed E-state index contributed by atoms with van der Waals surface area (Å²) < 4.78 is 1.03. The molecule has 1 N–H and O–H groups in total. The summed E-state index contributed by atoms with van der Waals surface area (Å²) in [5, 5.41) is 11.4. The second-order valence-electron chi connectivity index (χ2n) is 2.95. The molecule has 13 heavy (non-hydrogen) atoms. The Hall–Kier alpha value is -1.35. The van der Waals surface area contributed by atoms with Gasteiger partial charge in [0.15, 0.2) is 0 Å². The molecule has 0 amide bonds. The predicted octanol–water partition coefficient (Wildman–Crippen LogP) is 2.91. The van der Waals surface area contributed by atoms with Crippen molar-refractivity contribution in [3.05, 3.63) is 34.7 Å². The van der Waals surface area contributed by atoms with Gasteiger partial charge in [-0.05, 0) is 19.1 Å². The zero-order chi connectivity index (χ0) is 9.42. The number of hydrogen-bond acceptors (Lipinski definition) is 2. The number of benzene rings is 1. The monoisotopic (exact) mass is 192 g/mol. The second-order valence-corrected chi connectivity index (χ2v) is 3.87. The van der Waals surface area contributed by atoms with Crippen LogP contribution in [-0.4, -0.2) is 11.1 Å². The van der Waals surface area contributed by atoms with Crippen molar-refractivity contribution >= 4 is 27.4 Å². The maximum absolute atomic E-state index is 10.8. The van der Waals surface area contributed by atoms with Gasteiger partial charge in [0.2, 0.25) is 0 Å². The molecule has 0 aliphatic heterocycles. The zero-order valence-corrected chi connectivity index (χ0v) is 7.89. The van der Waals surface area contributed by atoms with Crippen LogP contribution in [0.15, 0.2) is 23.6 Å². The van der Waals surface area contributed by atoms with Crippen molar-refractivity contribution in [2.45, 2.75) is 6.92 Å². The average molecular weight is 192 g/mol. The summed E-state index contributed by atoms with van der Waals surface area (Å²) in [4.78, 5) is 10.8. The molecule has 1 aromatic carbocycles. The Morgan fingerprint density at radius 1 is 1.46 bits per heavy atom. The van der Waals surface area contributed by atoms with Gasteiger partial charge in [-0.25, -0.2) is 4.79 Å². The van der Waals surface area contributed by atoms with Crippen LogP contribution >= 0.6 is 11.3 Å². The number of aryl methyl sites for hydroxylation is 1. The quantitative estimate of drug-likeness (QED) is 0.754. The fraction of sp³-hybridized carbons (Fsp3) is 0.100. The number of thiophene rings is 1. The molecule has 0 radical (unpaired) electrons. The summed E-state index contributed by atoms with van der Waals surface area (Å²) in [6.07, 6.45) is 0. The van der Waals surface area contributed by atoms with Crippen LogP contribution in [-0.2, 0) is 0 Å². The van der Waals surface area contributed by atoms with Crippen molar-refractivity contribution < 1.29 is 9.90 Å². The van der Waals surface area contributed by atoms with Crippen LogP contribution in [0.1, 0.15) is 15.9 Å². The van der Waals surface area contributed by atoms with E-state index in [4.69, 9.17) is 5.11 Å². The molecule has 0 spiro atoms. The lowest BCUT2D eigenvalue weighted by atomic mass is 10.1. The number of rotatable bonds is 1. The topological polar surface area (TPSA) is 37.3 Å². The minimum Gasteiger partial charge on any atom is -0.478 e. The second kappa shape index (κ2) is 2.85. The number of carbonyl (C=O) groups is 1. The molecule has 66 valence electrons. The first-order valence-electron chi connectivity index (χ1n) is 3.89. The Bertz CT molecular complexity index is 471. The third-order valence-corrected chi connectivity index (χ3v) is 2.92. The van der Waals surface area contributed by atoms with Crippen LogP contribution in [0.5, 0.6) is 0 Å². The smallest absolute Gasteiger partial charge is 0.337 e. The highest BCUT2D eigenvalue weighted by molar-refractivity contribution is 7.17. The molecule has 2 aromatic rings. The van der Waals surface area contributed by atoms with Crippen LogP contribution in [0.25, 0.3) is 10.1 Å². The molecule has 0 saturated carbocycles. The largest absolute Gasteiger partial charge is 0.478 e. The highest BCUT2D eigenvalue weighted by Gasteiger charge is 2.09. The molecule has 1 heterocycles. The fourth-order valence-corrected chi connectivity index (χ4v) is 2.22. The third kappa shape index (κ3) is 1.31. The van der Waals surface area contributed by atoms with Gasteiger partial charge in [0, 0.05) is 15.5 Å². The average Bonchev–Trinajstić information content (AvgIpc) is 2.46. The van der Waals surface area contributed by atoms with E-state index in [1.807, 2.05) is 25.1 Å². The normalized spacial score (nSPS) is 10.5. The van der Waals surface area contributed by atoms with E-state index in [1.165, 1.54) is 11.3 Å². The van der Waals surface area contributed by atoms with Crippen LogP contribution in [0, 0.1) is 6.92 Å². The highest BCUT2D eigenvalue weighted by atomic mass is 32.1. The number of carboxylic acids is 1. The molecule has 0 atom stereocenters. The Labute approximate surface area is 79.4 Å². The van der Waals surface area contributed by atoms with Crippen LogP contribution in [0.2, 0.25) is 0 Å². The molecule has 2 rings (SSSR count). The van der Waals surface area contributed by atoms with Crippen molar-refractivity contribution in [2.24, 2.45) is 0 Å². The van der Waals surface area contributed by atoms with Gasteiger partial charge in [-0.2, -0.15) is 0 Å². The Kier molecular flexibility index (Phi) is 1.81. The van der Waals surface area contributed by atoms with Gasteiger partial charge in [0.25, 0.3) is 0 Å². The van der Waals surface area contributed by atoms with Crippen molar-refractivity contribution in [1.82, 2.24) is 0 Å². The van der Waals surface area contributed by atoms with Gasteiger partial charge < -0.3 is 5.11 Å². The third-order valence-electron chi connectivity index (χ3n) is 1.96. The molecular formula is C10H8O2S. The molecule has 0 aliphatic carbocycles. The first kappa shape index (κ1) is 8.26. The van der Waals surface area contributed by atoms with E-state index < -0.39 is 5.97 Å². The summed E-state index contributed by atoms with van der Waals surface area (Å²) in [6.45, 7) is 1.96. The van der Waals surface area contributed by atoms with Crippen LogP contribution < -0.4 is 0 Å². The van der Waals surface area contributed by atoms with E-state index in [2.05, 4.69) is 0 Å². The molecule has 0 aliphatic rings. The van der Waals surface area contributed by atoms with Gasteiger partial charge in [-0.1, -0.05) is 11.6 Å². The maximum atomic E-state index is 10.8. The van der Waals surface area contributed by atoms with E-state index in [9.17, 15) is 4.79 Å². The van der Waals surface area contributed by atoms with E-state index in [0.717, 1.165) is 15.6 Å². The van der Waals surface area contributed by atoms with E-state index >= 15 is 0 Å². The number of fused-ring (bicyclic) bond motifs is 1. The minimum atomic E-state index is -0.850. The number of hydrogen-bond donors (Lipinski definition) is 1. The highest BCUT2D eigenvalue weighted by Crippen LogP contribution is 2.26. The molecule has 0 fully saturated rings. The van der Waals surface area contributed by atoms with Crippen LogP contribution in [0.3, 0.4) is 0 Å². The number of aromatic carboxylic acids is 1. The Balaban J connectivity index is 2.79. The maximum Gasteiger partial charge on any atom is 0.337 e. The first-order valence-corrected chi connectivity index (χ1v) is 4.77. The molecule has 3 heteroatoms. The summed E-state index contributed by atoms with van der Waals surface area (Å²) in [5.41, 5.74) is 1.50. The fourth-order valence-electron chi connectivity index (χ4n) is 1.31. The van der Waals surface area contributed by atoms with Crippen molar-refractivity contribution in [3.63, 3.8) is 0 Å². The number of carboxylic acid groups (broad SMARTS) is 1. The molecule has 2 nitrogen and oxygen atoms in total. The van der Waals surface area contributed by atoms with E-state index in [-0.39, 0.29) is 0 Å². The lowest BCUT2D eigenvalue weighted by molar-refractivity contribution is 0.0699. The van der Waals surface area contributed by atoms with Crippen molar-refractivity contribution in [1.29, 1.82) is 0 Å². The summed E-state index contributed by atoms with van der Waals surface area (Å²) in [6, 6.07) is 5.86. The van der Waals surface area contributed by atoms with Crippen molar-refractivity contribution in [3.8, 4) is 0 Å². The van der Waals surface area contributed by atoms with E-state index in [1.54, 1.807) is 5.38 Å². The van der Waals surface area contributed by atoms with Gasteiger partial charge in [0.05, 0.1) is 5.56 Å². The SMILES string of the molecule is Cc1ccc2scc(C(=O)O)c2c1. The predicted molar refractivity (Wildman–Crippen MR) is 53.5 cm³/mol. The molecule has 0 bridgehead atoms. The molecule has 1 aromatic heterocycles. The Morgan fingerprint density at radius 3 is 2.92 bits per heavy atom. The lowest BCUT2D eigenvalue weighted by Crippen LogP contribution is -1.93. The van der Waals surface area contributed by atoms with Gasteiger partial charge in [-0.15, -0.1) is 11.3 Å². The standard InChI is InChI=1S/C10H8O2S/c1-6-2-3-9-7(4-6)8(5-13-9)10(11)12/h2-5H,1H3,(H,11,12). The molecule has 0 unspecified atom stereocenters. The Morgan fingerprint density at radius 2 is 2.23 bits per heavy atom. The lowest BCUT2D eigenvalue weighted by Gasteiger charge is -1.94. The summed E-state index contributed by atoms with van der Waals surface area (Å²) in [7, 11) is 0. The summed E-state index contributed by atoms with van der Waals surface area (Å²) in [5.74, 6) is -0.850. The minimum absolute atomic E-state index is 0.406. The molecule has 0 saturated heterocycles. The van der Waals surface area contributed by atoms with Crippen LogP contribution in [0.4, 0.5) is 0 Å². The molecular weight excluding hydrogens is 184 g/mol. The zero-order valence-electron chi connectivity index (χ0n) is 7.07. The van der Waals surface area contributed by atoms with Gasteiger partial charge in [-0.3, -0.25) is 0 Å². The first-order chi connectivity index (χ1) is 6.18. The van der Waals surface area contributed by atoms with E-state index in [0.29, 0.717) is 5.56 Å². The van der Waals surface area contributed by atoms with Gasteiger partial charge in [0.1, 0.15) is 0 Å². The summed E-state index contributed by atoms with van der Waals surface area (Å²) >= 11 is 1.47. The van der Waals surface area contributed by atoms with Gasteiger partial charge >= 0.3 is 5.97 Å². The van der Waals surface area contributed by atoms with Crippen molar-refractivity contribution in [2.75, 3.05) is 0 Å².